The van der Waals surface area contributed by atoms with Crippen LogP contribution in [0.5, 0.6) is 0 Å². The van der Waals surface area contributed by atoms with Gasteiger partial charge in [0.05, 0.1) is 26.9 Å². The van der Waals surface area contributed by atoms with Gasteiger partial charge in [-0.15, -0.1) is 22.7 Å². The van der Waals surface area contributed by atoms with E-state index >= 15 is 0 Å². The number of benzene rings is 6. The zero-order valence-electron chi connectivity index (χ0n) is 22.8. The van der Waals surface area contributed by atoms with E-state index in [1.807, 2.05) is 11.3 Å². The van der Waals surface area contributed by atoms with E-state index in [0.717, 1.165) is 27.0 Å². The third kappa shape index (κ3) is 3.29. The molecule has 0 aliphatic heterocycles. The van der Waals surface area contributed by atoms with Gasteiger partial charge in [0.25, 0.3) is 0 Å². The van der Waals surface area contributed by atoms with Crippen molar-refractivity contribution >= 4 is 95.7 Å². The van der Waals surface area contributed by atoms with Crippen molar-refractivity contribution in [1.82, 2.24) is 14.5 Å². The Hall–Kier alpha value is -5.10. The quantitative estimate of drug-likeness (QED) is 0.203. The van der Waals surface area contributed by atoms with E-state index in [1.54, 1.807) is 11.3 Å². The van der Waals surface area contributed by atoms with Gasteiger partial charge in [-0.25, -0.2) is 9.97 Å². The number of aromatic nitrogens is 3. The molecule has 0 saturated heterocycles. The van der Waals surface area contributed by atoms with Gasteiger partial charge in [0, 0.05) is 46.6 Å². The number of hydrogen-bond acceptors (Lipinski definition) is 4. The average Bonchev–Trinajstić information content (AvgIpc) is 3.72. The molecule has 0 aliphatic rings. The Bertz CT molecular complexity index is 2730. The second-order valence-electron chi connectivity index (χ2n) is 11.0. The van der Waals surface area contributed by atoms with Crippen LogP contribution in [0.4, 0.5) is 0 Å². The van der Waals surface area contributed by atoms with Crippen molar-refractivity contribution in [2.45, 2.75) is 0 Å². The molecule has 5 heteroatoms. The average molecular weight is 584 g/mol. The maximum atomic E-state index is 5.44. The lowest BCUT2D eigenvalue weighted by Gasteiger charge is -2.11. The molecule has 0 radical (unpaired) electrons. The lowest BCUT2D eigenvalue weighted by molar-refractivity contribution is 1.02. The van der Waals surface area contributed by atoms with Gasteiger partial charge in [0.15, 0.2) is 0 Å². The molecule has 10 aromatic rings. The largest absolute Gasteiger partial charge is 0.277 e. The molecule has 0 fully saturated rings. The van der Waals surface area contributed by atoms with E-state index in [-0.39, 0.29) is 0 Å². The first-order chi connectivity index (χ1) is 21.3. The highest BCUT2D eigenvalue weighted by atomic mass is 32.1. The summed E-state index contributed by atoms with van der Waals surface area (Å²) in [5.74, 6) is 0.702. The lowest BCUT2D eigenvalue weighted by Crippen LogP contribution is -2.03. The Morgan fingerprint density at radius 3 is 2.14 bits per heavy atom. The molecule has 10 rings (SSSR count). The van der Waals surface area contributed by atoms with Crippen LogP contribution in [0.2, 0.25) is 0 Å². The molecule has 4 heterocycles. The number of hydrogen-bond donors (Lipinski definition) is 0. The normalized spacial score (nSPS) is 12.2. The van der Waals surface area contributed by atoms with Crippen molar-refractivity contribution in [3.05, 3.63) is 127 Å². The van der Waals surface area contributed by atoms with E-state index in [4.69, 9.17) is 9.97 Å². The van der Waals surface area contributed by atoms with Crippen LogP contribution in [0, 0.1) is 0 Å². The molecule has 0 spiro atoms. The minimum absolute atomic E-state index is 0.702. The lowest BCUT2D eigenvalue weighted by atomic mass is 10.1. The first-order valence-electron chi connectivity index (χ1n) is 14.3. The molecule has 43 heavy (non-hydrogen) atoms. The fourth-order valence-electron chi connectivity index (χ4n) is 6.68. The summed E-state index contributed by atoms with van der Waals surface area (Å²) >= 11 is 3.63. The molecule has 6 aromatic carbocycles. The third-order valence-electron chi connectivity index (χ3n) is 8.59. The predicted molar refractivity (Wildman–Crippen MR) is 185 cm³/mol. The van der Waals surface area contributed by atoms with Gasteiger partial charge < -0.3 is 0 Å². The van der Waals surface area contributed by atoms with E-state index in [0.29, 0.717) is 5.95 Å². The SMILES string of the molecule is c1ccc(-c2nc(-n3c4ccccc4c4ccc5sc6ccccc6c5c43)nc3c2sc2cc4ccccc4cc23)cc1. The Morgan fingerprint density at radius 2 is 1.26 bits per heavy atom. The molecule has 0 N–H and O–H groups in total. The summed E-state index contributed by atoms with van der Waals surface area (Å²) in [7, 11) is 0. The fourth-order valence-corrected chi connectivity index (χ4v) is 8.97. The van der Waals surface area contributed by atoms with Crippen molar-refractivity contribution in [1.29, 1.82) is 0 Å². The fraction of sp³-hybridized carbons (Fsp3) is 0. The monoisotopic (exact) mass is 583 g/mol. The Labute approximate surface area is 253 Å². The highest BCUT2D eigenvalue weighted by Crippen LogP contribution is 2.44. The summed E-state index contributed by atoms with van der Waals surface area (Å²) in [4.78, 5) is 10.9. The molecule has 0 aliphatic carbocycles. The Morgan fingerprint density at radius 1 is 0.512 bits per heavy atom. The smallest absolute Gasteiger partial charge is 0.235 e. The maximum absolute atomic E-state index is 5.44. The van der Waals surface area contributed by atoms with E-state index in [2.05, 4.69) is 132 Å². The zero-order valence-corrected chi connectivity index (χ0v) is 24.4. The van der Waals surface area contributed by atoms with Crippen LogP contribution in [0.15, 0.2) is 127 Å². The second kappa shape index (κ2) is 8.71. The molecule has 0 unspecified atom stereocenters. The highest BCUT2D eigenvalue weighted by molar-refractivity contribution is 7.26. The van der Waals surface area contributed by atoms with Crippen LogP contribution in [-0.2, 0) is 0 Å². The van der Waals surface area contributed by atoms with Gasteiger partial charge in [-0.1, -0.05) is 97.1 Å². The number of nitrogens with zero attached hydrogens (tertiary/aromatic N) is 3. The van der Waals surface area contributed by atoms with Crippen LogP contribution in [0.25, 0.3) is 90.3 Å². The first-order valence-corrected chi connectivity index (χ1v) is 16.0. The Kier molecular flexibility index (Phi) is 4.75. The van der Waals surface area contributed by atoms with E-state index in [9.17, 15) is 0 Å². The summed E-state index contributed by atoms with van der Waals surface area (Å²) in [6.45, 7) is 0. The van der Waals surface area contributed by atoms with Gasteiger partial charge in [-0.05, 0) is 41.1 Å². The molecule has 3 nitrogen and oxygen atoms in total. The van der Waals surface area contributed by atoms with Crippen molar-refractivity contribution < 1.29 is 0 Å². The van der Waals surface area contributed by atoms with E-state index in [1.165, 1.54) is 57.3 Å². The highest BCUT2D eigenvalue weighted by Gasteiger charge is 2.22. The molecule has 0 bridgehead atoms. The van der Waals surface area contributed by atoms with Gasteiger partial charge in [-0.3, -0.25) is 4.57 Å². The summed E-state index contributed by atoms with van der Waals surface area (Å²) < 4.78 is 7.22. The standard InChI is InChI=1S/C38H21N3S2/c1-2-10-22(11-3-1)34-37-35(28-20-23-12-4-5-13-24(23)21-32(28)43-37)40-38(39-34)41-29-16-8-6-14-25(29)26-18-19-31-33(36(26)41)27-15-7-9-17-30(27)42-31/h1-21H. The van der Waals surface area contributed by atoms with Crippen molar-refractivity contribution in [3.63, 3.8) is 0 Å². The van der Waals surface area contributed by atoms with Gasteiger partial charge in [-0.2, -0.15) is 0 Å². The molecule has 200 valence electrons. The molecular formula is C38H21N3S2. The second-order valence-corrected chi connectivity index (χ2v) is 13.1. The van der Waals surface area contributed by atoms with Gasteiger partial charge in [0.2, 0.25) is 5.95 Å². The Balaban J connectivity index is 1.41. The van der Waals surface area contributed by atoms with Crippen LogP contribution >= 0.6 is 22.7 Å². The number of thiophene rings is 2. The topological polar surface area (TPSA) is 30.7 Å². The molecular weight excluding hydrogens is 563 g/mol. The zero-order chi connectivity index (χ0) is 28.1. The summed E-state index contributed by atoms with van der Waals surface area (Å²) in [6.07, 6.45) is 0. The van der Waals surface area contributed by atoms with Crippen LogP contribution in [0.1, 0.15) is 0 Å². The van der Waals surface area contributed by atoms with Crippen LogP contribution < -0.4 is 0 Å². The first kappa shape index (κ1) is 23.5. The molecule has 0 saturated carbocycles. The van der Waals surface area contributed by atoms with E-state index < -0.39 is 0 Å². The van der Waals surface area contributed by atoms with Crippen molar-refractivity contribution in [3.8, 4) is 17.2 Å². The minimum Gasteiger partial charge on any atom is -0.277 e. The van der Waals surface area contributed by atoms with Crippen LogP contribution in [0.3, 0.4) is 0 Å². The van der Waals surface area contributed by atoms with Crippen molar-refractivity contribution in [2.24, 2.45) is 0 Å². The third-order valence-corrected chi connectivity index (χ3v) is 10.9. The summed E-state index contributed by atoms with van der Waals surface area (Å²) in [6, 6.07) is 45.6. The van der Waals surface area contributed by atoms with Gasteiger partial charge >= 0.3 is 0 Å². The summed E-state index contributed by atoms with van der Waals surface area (Å²) in [5, 5.41) is 8.60. The van der Waals surface area contributed by atoms with Crippen LogP contribution in [-0.4, -0.2) is 14.5 Å². The molecule has 4 aromatic heterocycles. The molecule has 0 atom stereocenters. The van der Waals surface area contributed by atoms with Gasteiger partial charge in [0.1, 0.15) is 0 Å². The predicted octanol–water partition coefficient (Wildman–Crippen LogP) is 11.1. The maximum Gasteiger partial charge on any atom is 0.235 e. The molecule has 0 amide bonds. The minimum atomic E-state index is 0.702. The van der Waals surface area contributed by atoms with Crippen molar-refractivity contribution in [2.75, 3.05) is 0 Å². The number of para-hydroxylation sites is 1. The number of fused-ring (bicyclic) bond motifs is 11. The summed E-state index contributed by atoms with van der Waals surface area (Å²) in [5.41, 5.74) is 5.35. The number of rotatable bonds is 2.